The van der Waals surface area contributed by atoms with E-state index in [0.29, 0.717) is 45.2 Å². The van der Waals surface area contributed by atoms with Crippen LogP contribution in [0.2, 0.25) is 10.0 Å². The van der Waals surface area contributed by atoms with Gasteiger partial charge in [0.15, 0.2) is 17.3 Å². The van der Waals surface area contributed by atoms with Gasteiger partial charge in [-0.05, 0) is 60.5 Å². The maximum atomic E-state index is 12.8. The highest BCUT2D eigenvalue weighted by molar-refractivity contribution is 6.42. The molecule has 5 nitrogen and oxygen atoms in total. The van der Waals surface area contributed by atoms with Gasteiger partial charge < -0.3 is 18.9 Å². The Hall–Kier alpha value is -3.15. The Bertz CT molecular complexity index is 1250. The number of ether oxygens (including phenoxy) is 4. The minimum Gasteiger partial charge on any atom is -0.488 e. The van der Waals surface area contributed by atoms with Gasteiger partial charge in [0.1, 0.15) is 18.1 Å². The zero-order chi connectivity index (χ0) is 21.5. The summed E-state index contributed by atoms with van der Waals surface area (Å²) in [4.78, 5) is 12.8. The molecule has 0 aromatic heterocycles. The van der Waals surface area contributed by atoms with Crippen molar-refractivity contribution in [2.75, 3.05) is 6.79 Å². The molecule has 0 bridgehead atoms. The Balaban J connectivity index is 1.37. The summed E-state index contributed by atoms with van der Waals surface area (Å²) >= 11 is 12.0. The average Bonchev–Trinajstić information content (AvgIpc) is 3.35. The third kappa shape index (κ3) is 3.71. The highest BCUT2D eigenvalue weighted by Crippen LogP contribution is 2.40. The molecule has 2 aliphatic rings. The Morgan fingerprint density at radius 1 is 1.00 bits per heavy atom. The molecule has 0 amide bonds. The van der Waals surface area contributed by atoms with Crippen LogP contribution in [0.3, 0.4) is 0 Å². The van der Waals surface area contributed by atoms with Crippen molar-refractivity contribution in [1.82, 2.24) is 0 Å². The topological polar surface area (TPSA) is 54.0 Å². The second kappa shape index (κ2) is 7.84. The zero-order valence-corrected chi connectivity index (χ0v) is 17.9. The normalized spacial score (nSPS) is 15.2. The molecular weight excluding hydrogens is 439 g/mol. The molecule has 156 valence electrons. The number of fused-ring (bicyclic) bond motifs is 2. The number of carbonyl (C=O) groups excluding carboxylic acids is 1. The Labute approximate surface area is 188 Å². The lowest BCUT2D eigenvalue weighted by Gasteiger charge is -2.12. The predicted molar refractivity (Wildman–Crippen MR) is 117 cm³/mol. The first-order chi connectivity index (χ1) is 15.0. The molecular formula is C24H16Cl2O5. The van der Waals surface area contributed by atoms with Crippen molar-refractivity contribution >= 4 is 35.1 Å². The number of allylic oxidation sites excluding steroid dienone is 1. The van der Waals surface area contributed by atoms with Crippen LogP contribution in [0.4, 0.5) is 0 Å². The van der Waals surface area contributed by atoms with Crippen molar-refractivity contribution in [3.05, 3.63) is 86.6 Å². The van der Waals surface area contributed by atoms with Gasteiger partial charge in [-0.2, -0.15) is 0 Å². The predicted octanol–water partition coefficient (Wildman–Crippen LogP) is 6.23. The maximum absolute atomic E-state index is 12.8. The van der Waals surface area contributed by atoms with E-state index in [1.807, 2.05) is 31.2 Å². The third-order valence-corrected chi connectivity index (χ3v) is 5.85. The molecule has 0 radical (unpaired) electrons. The average molecular weight is 455 g/mol. The van der Waals surface area contributed by atoms with E-state index in [0.717, 1.165) is 16.7 Å². The van der Waals surface area contributed by atoms with Crippen molar-refractivity contribution in [3.63, 3.8) is 0 Å². The molecule has 0 spiro atoms. The largest absolute Gasteiger partial charge is 0.488 e. The number of benzene rings is 3. The second-order valence-corrected chi connectivity index (χ2v) is 7.97. The first-order valence-corrected chi connectivity index (χ1v) is 10.3. The van der Waals surface area contributed by atoms with E-state index in [4.69, 9.17) is 42.1 Å². The van der Waals surface area contributed by atoms with Crippen molar-refractivity contribution in [2.24, 2.45) is 0 Å². The van der Waals surface area contributed by atoms with Crippen LogP contribution >= 0.6 is 23.2 Å². The molecule has 3 aromatic rings. The van der Waals surface area contributed by atoms with Crippen LogP contribution in [0.25, 0.3) is 6.08 Å². The van der Waals surface area contributed by atoms with Gasteiger partial charge in [-0.1, -0.05) is 35.3 Å². The molecule has 0 saturated carbocycles. The number of carbonyl (C=O) groups is 1. The molecule has 0 unspecified atom stereocenters. The van der Waals surface area contributed by atoms with Gasteiger partial charge in [-0.15, -0.1) is 0 Å². The molecule has 5 rings (SSSR count). The minimum atomic E-state index is -0.174. The molecule has 7 heteroatoms. The number of halogens is 2. The van der Waals surface area contributed by atoms with E-state index < -0.39 is 0 Å². The van der Waals surface area contributed by atoms with Crippen LogP contribution in [0.5, 0.6) is 23.0 Å². The fourth-order valence-corrected chi connectivity index (χ4v) is 3.79. The quantitative estimate of drug-likeness (QED) is 0.437. The smallest absolute Gasteiger partial charge is 0.231 e. The summed E-state index contributed by atoms with van der Waals surface area (Å²) in [6, 6.07) is 14.3. The van der Waals surface area contributed by atoms with Crippen LogP contribution in [0.1, 0.15) is 27.0 Å². The van der Waals surface area contributed by atoms with E-state index >= 15 is 0 Å². The molecule has 2 aliphatic heterocycles. The fraction of sp³-hybridized carbons (Fsp3) is 0.125. The van der Waals surface area contributed by atoms with Crippen LogP contribution < -0.4 is 18.9 Å². The molecule has 31 heavy (non-hydrogen) atoms. The zero-order valence-electron chi connectivity index (χ0n) is 16.4. The molecule has 0 fully saturated rings. The van der Waals surface area contributed by atoms with Gasteiger partial charge >= 0.3 is 0 Å². The minimum absolute atomic E-state index is 0.174. The van der Waals surface area contributed by atoms with Crippen LogP contribution in [-0.2, 0) is 6.61 Å². The molecule has 2 heterocycles. The Kier molecular flexibility index (Phi) is 5.00. The van der Waals surface area contributed by atoms with Gasteiger partial charge in [0.25, 0.3) is 0 Å². The van der Waals surface area contributed by atoms with Gasteiger partial charge in [0, 0.05) is 5.56 Å². The lowest BCUT2D eigenvalue weighted by Crippen LogP contribution is -1.98. The monoisotopic (exact) mass is 454 g/mol. The van der Waals surface area contributed by atoms with E-state index in [1.54, 1.807) is 30.3 Å². The second-order valence-electron chi connectivity index (χ2n) is 7.15. The Morgan fingerprint density at radius 3 is 2.68 bits per heavy atom. The van der Waals surface area contributed by atoms with Crippen LogP contribution in [0, 0.1) is 6.92 Å². The van der Waals surface area contributed by atoms with Gasteiger partial charge in [0.05, 0.1) is 15.6 Å². The molecule has 0 aliphatic carbocycles. The van der Waals surface area contributed by atoms with E-state index in [9.17, 15) is 4.79 Å². The number of hydrogen-bond donors (Lipinski definition) is 0. The van der Waals surface area contributed by atoms with Crippen molar-refractivity contribution in [1.29, 1.82) is 0 Å². The molecule has 0 saturated heterocycles. The molecule has 3 aromatic carbocycles. The van der Waals surface area contributed by atoms with Gasteiger partial charge in [0.2, 0.25) is 12.6 Å². The summed E-state index contributed by atoms with van der Waals surface area (Å²) in [7, 11) is 0. The van der Waals surface area contributed by atoms with Gasteiger partial charge in [-0.3, -0.25) is 4.79 Å². The van der Waals surface area contributed by atoms with E-state index in [-0.39, 0.29) is 18.3 Å². The summed E-state index contributed by atoms with van der Waals surface area (Å²) in [6.45, 7) is 2.37. The summed E-state index contributed by atoms with van der Waals surface area (Å²) in [5.74, 6) is 2.53. The first-order valence-electron chi connectivity index (χ1n) is 9.54. The lowest BCUT2D eigenvalue weighted by molar-refractivity contribution is 0.101. The maximum Gasteiger partial charge on any atom is 0.231 e. The molecule has 0 atom stereocenters. The first kappa shape index (κ1) is 19.8. The van der Waals surface area contributed by atoms with Crippen molar-refractivity contribution in [2.45, 2.75) is 13.5 Å². The molecule has 0 N–H and O–H groups in total. The van der Waals surface area contributed by atoms with Crippen LogP contribution in [-0.4, -0.2) is 12.6 Å². The highest BCUT2D eigenvalue weighted by atomic mass is 35.5. The summed E-state index contributed by atoms with van der Waals surface area (Å²) < 4.78 is 22.6. The Morgan fingerprint density at radius 2 is 1.84 bits per heavy atom. The van der Waals surface area contributed by atoms with E-state index in [1.165, 1.54) is 0 Å². The number of ketones is 1. The van der Waals surface area contributed by atoms with Gasteiger partial charge in [-0.25, -0.2) is 0 Å². The standard InChI is InChI=1S/C24H16Cl2O5/c1-13-19(28-11-15-2-5-17(25)18(26)8-15)7-4-16-23(27)22(31-24(13)16)10-14-3-6-20-21(9-14)30-12-29-20/h2-10H,11-12H2,1H3/b22-10-. The van der Waals surface area contributed by atoms with Crippen molar-refractivity contribution < 1.29 is 23.7 Å². The lowest BCUT2D eigenvalue weighted by atomic mass is 10.1. The number of Topliss-reactive ketones (excluding diaryl/α,β-unsaturated/α-hetero) is 1. The van der Waals surface area contributed by atoms with Crippen molar-refractivity contribution in [3.8, 4) is 23.0 Å². The SMILES string of the molecule is Cc1c(OCc2ccc(Cl)c(Cl)c2)ccc2c1O/C(=C\c1ccc3c(c1)OCO3)C2=O. The fourth-order valence-electron chi connectivity index (χ4n) is 3.47. The number of rotatable bonds is 4. The summed E-state index contributed by atoms with van der Waals surface area (Å²) in [5, 5.41) is 0.966. The number of hydrogen-bond acceptors (Lipinski definition) is 5. The van der Waals surface area contributed by atoms with Crippen LogP contribution in [0.15, 0.2) is 54.3 Å². The summed E-state index contributed by atoms with van der Waals surface area (Å²) in [5.41, 5.74) is 2.93. The third-order valence-electron chi connectivity index (χ3n) is 5.11. The van der Waals surface area contributed by atoms with E-state index in [2.05, 4.69) is 0 Å². The summed E-state index contributed by atoms with van der Waals surface area (Å²) in [6.07, 6.45) is 1.69. The highest BCUT2D eigenvalue weighted by Gasteiger charge is 2.30.